The molecule has 0 spiro atoms. The van der Waals surface area contributed by atoms with Crippen LogP contribution in [0.1, 0.15) is 11.4 Å². The molecule has 1 aromatic heterocycles. The van der Waals surface area contributed by atoms with Gasteiger partial charge in [-0.05, 0) is 40.5 Å². The van der Waals surface area contributed by atoms with Crippen LogP contribution < -0.4 is 5.32 Å². The fourth-order valence-electron chi connectivity index (χ4n) is 1.48. The lowest BCUT2D eigenvalue weighted by Crippen LogP contribution is -2.19. The standard InChI is InChI=1S/C12H10BrN5O/c1-8-2-3-10(9(13)4-8)16-12(19)6-18-7-15-11(5-14)17-18/h2-4,7H,6H2,1H3,(H,16,19). The number of halogens is 1. The predicted octanol–water partition coefficient (Wildman–Crippen LogP) is 1.86. The lowest BCUT2D eigenvalue weighted by atomic mass is 10.2. The Kier molecular flexibility index (Phi) is 3.92. The van der Waals surface area contributed by atoms with Crippen molar-refractivity contribution in [2.45, 2.75) is 13.5 Å². The van der Waals surface area contributed by atoms with E-state index < -0.39 is 0 Å². The molecule has 1 amide bonds. The van der Waals surface area contributed by atoms with Gasteiger partial charge in [-0.25, -0.2) is 9.67 Å². The van der Waals surface area contributed by atoms with E-state index in [9.17, 15) is 4.79 Å². The fourth-order valence-corrected chi connectivity index (χ4v) is 2.07. The van der Waals surface area contributed by atoms with Gasteiger partial charge in [0.25, 0.3) is 5.82 Å². The van der Waals surface area contributed by atoms with Crippen LogP contribution in [0.3, 0.4) is 0 Å². The Hall–Kier alpha value is -2.20. The first-order chi connectivity index (χ1) is 9.08. The van der Waals surface area contributed by atoms with Gasteiger partial charge in [-0.1, -0.05) is 6.07 Å². The highest BCUT2D eigenvalue weighted by Gasteiger charge is 2.08. The molecule has 19 heavy (non-hydrogen) atoms. The van der Waals surface area contributed by atoms with Gasteiger partial charge in [0.2, 0.25) is 5.91 Å². The molecule has 0 aliphatic heterocycles. The highest BCUT2D eigenvalue weighted by atomic mass is 79.9. The summed E-state index contributed by atoms with van der Waals surface area (Å²) in [4.78, 5) is 15.5. The second kappa shape index (κ2) is 5.63. The van der Waals surface area contributed by atoms with E-state index >= 15 is 0 Å². The van der Waals surface area contributed by atoms with E-state index in [2.05, 4.69) is 31.3 Å². The zero-order valence-corrected chi connectivity index (χ0v) is 11.7. The van der Waals surface area contributed by atoms with Crippen molar-refractivity contribution in [2.24, 2.45) is 0 Å². The van der Waals surface area contributed by atoms with Gasteiger partial charge in [-0.3, -0.25) is 4.79 Å². The van der Waals surface area contributed by atoms with E-state index in [0.717, 1.165) is 10.0 Å². The third-order valence-electron chi connectivity index (χ3n) is 2.34. The zero-order chi connectivity index (χ0) is 13.8. The maximum Gasteiger partial charge on any atom is 0.252 e. The van der Waals surface area contributed by atoms with Crippen molar-refractivity contribution in [1.29, 1.82) is 5.26 Å². The van der Waals surface area contributed by atoms with Crippen molar-refractivity contribution in [3.8, 4) is 6.07 Å². The van der Waals surface area contributed by atoms with Crippen LogP contribution in [0, 0.1) is 18.3 Å². The van der Waals surface area contributed by atoms with Crippen molar-refractivity contribution in [3.05, 3.63) is 40.4 Å². The Labute approximate surface area is 118 Å². The highest BCUT2D eigenvalue weighted by Crippen LogP contribution is 2.23. The molecule has 2 aromatic rings. The van der Waals surface area contributed by atoms with Crippen molar-refractivity contribution in [2.75, 3.05) is 5.32 Å². The molecular weight excluding hydrogens is 310 g/mol. The Bertz CT molecular complexity index is 658. The van der Waals surface area contributed by atoms with Gasteiger partial charge in [-0.2, -0.15) is 5.26 Å². The first-order valence-corrected chi connectivity index (χ1v) is 6.23. The third-order valence-corrected chi connectivity index (χ3v) is 3.00. The Balaban J connectivity index is 2.03. The van der Waals surface area contributed by atoms with E-state index in [1.165, 1.54) is 11.0 Å². The van der Waals surface area contributed by atoms with Crippen LogP contribution >= 0.6 is 15.9 Å². The minimum atomic E-state index is -0.237. The van der Waals surface area contributed by atoms with Crippen LogP contribution in [0.5, 0.6) is 0 Å². The van der Waals surface area contributed by atoms with Crippen molar-refractivity contribution in [1.82, 2.24) is 14.8 Å². The molecule has 96 valence electrons. The lowest BCUT2D eigenvalue weighted by molar-refractivity contribution is -0.116. The van der Waals surface area contributed by atoms with Gasteiger partial charge < -0.3 is 5.32 Å². The minimum Gasteiger partial charge on any atom is -0.323 e. The molecule has 0 aliphatic rings. The predicted molar refractivity (Wildman–Crippen MR) is 72.2 cm³/mol. The average Bonchev–Trinajstić information content (AvgIpc) is 2.80. The van der Waals surface area contributed by atoms with Crippen LogP contribution in [0.2, 0.25) is 0 Å². The molecule has 0 saturated heterocycles. The molecule has 0 radical (unpaired) electrons. The topological polar surface area (TPSA) is 83.6 Å². The molecule has 7 heteroatoms. The van der Waals surface area contributed by atoms with E-state index in [-0.39, 0.29) is 18.3 Å². The number of rotatable bonds is 3. The lowest BCUT2D eigenvalue weighted by Gasteiger charge is -2.07. The zero-order valence-electron chi connectivity index (χ0n) is 10.1. The molecule has 1 N–H and O–H groups in total. The first kappa shape index (κ1) is 13.2. The molecule has 2 rings (SSSR count). The van der Waals surface area contributed by atoms with Crippen LogP contribution in [0.25, 0.3) is 0 Å². The molecule has 0 unspecified atom stereocenters. The van der Waals surface area contributed by atoms with Crippen LogP contribution in [0.4, 0.5) is 5.69 Å². The highest BCUT2D eigenvalue weighted by molar-refractivity contribution is 9.10. The number of nitrogens with zero attached hydrogens (tertiary/aromatic N) is 4. The molecule has 1 aromatic carbocycles. The SMILES string of the molecule is Cc1ccc(NC(=O)Cn2cnc(C#N)n2)c(Br)c1. The largest absolute Gasteiger partial charge is 0.323 e. The van der Waals surface area contributed by atoms with Gasteiger partial charge in [0.15, 0.2) is 0 Å². The minimum absolute atomic E-state index is 0.00893. The number of anilines is 1. The van der Waals surface area contributed by atoms with Gasteiger partial charge in [0.05, 0.1) is 5.69 Å². The molecule has 0 fully saturated rings. The monoisotopic (exact) mass is 319 g/mol. The fraction of sp³-hybridized carbons (Fsp3) is 0.167. The number of amides is 1. The van der Waals surface area contributed by atoms with Crippen molar-refractivity contribution in [3.63, 3.8) is 0 Å². The van der Waals surface area contributed by atoms with Gasteiger partial charge in [0, 0.05) is 4.47 Å². The van der Waals surface area contributed by atoms with E-state index in [1.807, 2.05) is 25.1 Å². The number of nitriles is 1. The van der Waals surface area contributed by atoms with Crippen molar-refractivity contribution >= 4 is 27.5 Å². The molecule has 0 bridgehead atoms. The normalized spacial score (nSPS) is 9.95. The number of aryl methyl sites for hydroxylation is 1. The van der Waals surface area contributed by atoms with Gasteiger partial charge in [0.1, 0.15) is 18.9 Å². The summed E-state index contributed by atoms with van der Waals surface area (Å²) < 4.78 is 2.13. The smallest absolute Gasteiger partial charge is 0.252 e. The van der Waals surface area contributed by atoms with Crippen LogP contribution in [0.15, 0.2) is 29.0 Å². The van der Waals surface area contributed by atoms with Gasteiger partial charge in [-0.15, -0.1) is 5.10 Å². The maximum atomic E-state index is 11.8. The summed E-state index contributed by atoms with van der Waals surface area (Å²) in [6.07, 6.45) is 1.35. The Morgan fingerprint density at radius 1 is 1.58 bits per heavy atom. The summed E-state index contributed by atoms with van der Waals surface area (Å²) in [7, 11) is 0. The number of carbonyl (C=O) groups excluding carboxylic acids is 1. The summed E-state index contributed by atoms with van der Waals surface area (Å²) >= 11 is 3.38. The van der Waals surface area contributed by atoms with E-state index in [1.54, 1.807) is 6.07 Å². The third kappa shape index (κ3) is 3.39. The van der Waals surface area contributed by atoms with Crippen molar-refractivity contribution < 1.29 is 4.79 Å². The second-order valence-electron chi connectivity index (χ2n) is 3.91. The molecule has 6 nitrogen and oxygen atoms in total. The summed E-state index contributed by atoms with van der Waals surface area (Å²) in [5.74, 6) is -0.191. The number of benzene rings is 1. The number of nitrogens with one attached hydrogen (secondary N) is 1. The summed E-state index contributed by atoms with van der Waals surface area (Å²) in [6, 6.07) is 7.44. The molecule has 0 saturated carbocycles. The summed E-state index contributed by atoms with van der Waals surface area (Å²) in [5, 5.41) is 15.2. The average molecular weight is 320 g/mol. The summed E-state index contributed by atoms with van der Waals surface area (Å²) in [5.41, 5.74) is 1.79. The molecular formula is C12H10BrN5O. The second-order valence-corrected chi connectivity index (χ2v) is 4.76. The maximum absolute atomic E-state index is 11.8. The molecule has 1 heterocycles. The quantitative estimate of drug-likeness (QED) is 0.935. The van der Waals surface area contributed by atoms with Gasteiger partial charge >= 0.3 is 0 Å². The van der Waals surface area contributed by atoms with E-state index in [0.29, 0.717) is 5.69 Å². The number of hydrogen-bond acceptors (Lipinski definition) is 4. The molecule has 0 aliphatic carbocycles. The Morgan fingerprint density at radius 2 is 2.37 bits per heavy atom. The van der Waals surface area contributed by atoms with E-state index in [4.69, 9.17) is 5.26 Å². The summed E-state index contributed by atoms with van der Waals surface area (Å²) in [6.45, 7) is 1.98. The number of hydrogen-bond donors (Lipinski definition) is 1. The number of carbonyl (C=O) groups is 1. The first-order valence-electron chi connectivity index (χ1n) is 5.44. The Morgan fingerprint density at radius 3 is 3.00 bits per heavy atom. The van der Waals surface area contributed by atoms with Crippen LogP contribution in [-0.2, 0) is 11.3 Å². The van der Waals surface area contributed by atoms with Crippen LogP contribution in [-0.4, -0.2) is 20.7 Å². The number of aromatic nitrogens is 3. The molecule has 0 atom stereocenters.